The van der Waals surface area contributed by atoms with Crippen molar-refractivity contribution in [3.63, 3.8) is 0 Å². The van der Waals surface area contributed by atoms with Gasteiger partial charge in [-0.3, -0.25) is 4.79 Å². The van der Waals surface area contributed by atoms with E-state index in [1.54, 1.807) is 11.3 Å². The van der Waals surface area contributed by atoms with Crippen molar-refractivity contribution in [3.05, 3.63) is 20.8 Å². The van der Waals surface area contributed by atoms with Crippen LogP contribution in [0.4, 0.5) is 0 Å². The van der Waals surface area contributed by atoms with Gasteiger partial charge in [-0.05, 0) is 66.2 Å². The summed E-state index contributed by atoms with van der Waals surface area (Å²) in [5.74, 6) is 1.92. The minimum atomic E-state index is 0.336. The van der Waals surface area contributed by atoms with Gasteiger partial charge in [0.2, 0.25) is 5.91 Å². The number of rotatable bonds is 3. The third-order valence-corrected chi connectivity index (χ3v) is 6.34. The first kappa shape index (κ1) is 14.5. The Bertz CT molecular complexity index is 462. The van der Waals surface area contributed by atoms with E-state index in [1.165, 1.54) is 17.7 Å². The van der Waals surface area contributed by atoms with Crippen molar-refractivity contribution >= 4 is 33.2 Å². The zero-order valence-electron chi connectivity index (χ0n) is 11.6. The van der Waals surface area contributed by atoms with Crippen LogP contribution in [0.25, 0.3) is 0 Å². The Morgan fingerprint density at radius 3 is 2.65 bits per heavy atom. The Kier molecular flexibility index (Phi) is 4.79. The average Bonchev–Trinajstić information content (AvgIpc) is 3.01. The smallest absolute Gasteiger partial charge is 0.222 e. The second-order valence-corrected chi connectivity index (χ2v) is 7.78. The standard InChI is InChI=1S/C15H21BrN2OS/c16-13-7-14(20-10-13)1-2-15(19)18-5-3-11-8-17-9-12(11)4-6-18/h7,10-12,17H,1-6,8-9H2/t11-,12+. The van der Waals surface area contributed by atoms with Gasteiger partial charge < -0.3 is 10.2 Å². The highest BCUT2D eigenvalue weighted by molar-refractivity contribution is 9.10. The number of hydrogen-bond donors (Lipinski definition) is 1. The molecule has 1 aromatic heterocycles. The Labute approximate surface area is 132 Å². The summed E-state index contributed by atoms with van der Waals surface area (Å²) < 4.78 is 1.13. The number of thiophene rings is 1. The quantitative estimate of drug-likeness (QED) is 0.902. The molecule has 20 heavy (non-hydrogen) atoms. The van der Waals surface area contributed by atoms with Crippen LogP contribution in [0.5, 0.6) is 0 Å². The third kappa shape index (κ3) is 3.43. The maximum absolute atomic E-state index is 12.4. The molecule has 2 aliphatic rings. The summed E-state index contributed by atoms with van der Waals surface area (Å²) >= 11 is 5.19. The van der Waals surface area contributed by atoms with Crippen molar-refractivity contribution in [1.82, 2.24) is 10.2 Å². The monoisotopic (exact) mass is 356 g/mol. The summed E-state index contributed by atoms with van der Waals surface area (Å²) in [6.07, 6.45) is 3.88. The molecule has 0 saturated carbocycles. The van der Waals surface area contributed by atoms with Crippen LogP contribution < -0.4 is 5.32 Å². The Balaban J connectivity index is 1.49. The number of likely N-dealkylation sites (tertiary alicyclic amines) is 1. The van der Waals surface area contributed by atoms with Gasteiger partial charge in [-0.1, -0.05) is 0 Å². The molecule has 1 amide bonds. The zero-order chi connectivity index (χ0) is 13.9. The molecule has 2 fully saturated rings. The van der Waals surface area contributed by atoms with E-state index >= 15 is 0 Å². The largest absolute Gasteiger partial charge is 0.343 e. The van der Waals surface area contributed by atoms with E-state index in [4.69, 9.17) is 0 Å². The highest BCUT2D eigenvalue weighted by atomic mass is 79.9. The molecule has 5 heteroatoms. The molecule has 1 aromatic rings. The molecular formula is C15H21BrN2OS. The van der Waals surface area contributed by atoms with Gasteiger partial charge in [0.15, 0.2) is 0 Å². The van der Waals surface area contributed by atoms with Crippen molar-refractivity contribution in [2.45, 2.75) is 25.7 Å². The fourth-order valence-corrected chi connectivity index (χ4v) is 4.80. The van der Waals surface area contributed by atoms with E-state index < -0.39 is 0 Å². The normalized spacial score (nSPS) is 26.4. The molecule has 1 N–H and O–H groups in total. The predicted molar refractivity (Wildman–Crippen MR) is 86.0 cm³/mol. The van der Waals surface area contributed by atoms with Crippen molar-refractivity contribution in [3.8, 4) is 0 Å². The molecule has 0 bridgehead atoms. The van der Waals surface area contributed by atoms with Gasteiger partial charge >= 0.3 is 0 Å². The first-order chi connectivity index (χ1) is 9.72. The molecule has 0 unspecified atom stereocenters. The number of halogens is 1. The first-order valence-electron chi connectivity index (χ1n) is 7.44. The fraction of sp³-hybridized carbons (Fsp3) is 0.667. The number of hydrogen-bond acceptors (Lipinski definition) is 3. The summed E-state index contributed by atoms with van der Waals surface area (Å²) in [6.45, 7) is 4.21. The number of carbonyl (C=O) groups is 1. The lowest BCUT2D eigenvalue weighted by Crippen LogP contribution is -2.32. The summed E-state index contributed by atoms with van der Waals surface area (Å²) in [4.78, 5) is 15.7. The lowest BCUT2D eigenvalue weighted by atomic mass is 9.92. The SMILES string of the molecule is O=C(CCc1cc(Br)cs1)N1CC[C@@H]2CNC[C@@H]2CC1. The van der Waals surface area contributed by atoms with Gasteiger partial charge in [0.05, 0.1) is 0 Å². The Morgan fingerprint density at radius 2 is 2.05 bits per heavy atom. The lowest BCUT2D eigenvalue weighted by Gasteiger charge is -2.20. The van der Waals surface area contributed by atoms with Crippen LogP contribution in [-0.2, 0) is 11.2 Å². The topological polar surface area (TPSA) is 32.3 Å². The van der Waals surface area contributed by atoms with Gasteiger partial charge in [-0.25, -0.2) is 0 Å². The minimum Gasteiger partial charge on any atom is -0.343 e. The third-order valence-electron chi connectivity index (χ3n) is 4.58. The maximum Gasteiger partial charge on any atom is 0.222 e. The summed E-state index contributed by atoms with van der Waals surface area (Å²) in [7, 11) is 0. The van der Waals surface area contributed by atoms with Gasteiger partial charge in [-0.2, -0.15) is 0 Å². The first-order valence-corrected chi connectivity index (χ1v) is 9.11. The molecule has 0 aliphatic carbocycles. The van der Waals surface area contributed by atoms with E-state index in [9.17, 15) is 4.79 Å². The van der Waals surface area contributed by atoms with Crippen LogP contribution in [0.1, 0.15) is 24.1 Å². The molecule has 0 aromatic carbocycles. The van der Waals surface area contributed by atoms with E-state index in [2.05, 4.69) is 37.6 Å². The summed E-state index contributed by atoms with van der Waals surface area (Å²) in [5, 5.41) is 5.56. The maximum atomic E-state index is 12.4. The molecule has 2 atom stereocenters. The van der Waals surface area contributed by atoms with Crippen molar-refractivity contribution in [1.29, 1.82) is 0 Å². The van der Waals surface area contributed by atoms with Crippen molar-refractivity contribution in [2.75, 3.05) is 26.2 Å². The van der Waals surface area contributed by atoms with Crippen molar-refractivity contribution in [2.24, 2.45) is 11.8 Å². The molecule has 2 saturated heterocycles. The van der Waals surface area contributed by atoms with Gasteiger partial charge in [-0.15, -0.1) is 11.3 Å². The van der Waals surface area contributed by atoms with E-state index in [0.717, 1.165) is 48.9 Å². The Morgan fingerprint density at radius 1 is 1.35 bits per heavy atom. The van der Waals surface area contributed by atoms with E-state index in [0.29, 0.717) is 12.3 Å². The minimum absolute atomic E-state index is 0.336. The average molecular weight is 357 g/mol. The van der Waals surface area contributed by atoms with E-state index in [-0.39, 0.29) is 0 Å². The van der Waals surface area contributed by atoms with Crippen LogP contribution in [0.2, 0.25) is 0 Å². The number of nitrogens with zero attached hydrogens (tertiary/aromatic N) is 1. The molecule has 110 valence electrons. The van der Waals surface area contributed by atoms with Crippen LogP contribution in [0, 0.1) is 11.8 Å². The van der Waals surface area contributed by atoms with Gasteiger partial charge in [0, 0.05) is 34.2 Å². The number of fused-ring (bicyclic) bond motifs is 1. The highest BCUT2D eigenvalue weighted by Gasteiger charge is 2.31. The number of amides is 1. The molecule has 0 radical (unpaired) electrons. The molecule has 2 aliphatic heterocycles. The molecule has 3 heterocycles. The van der Waals surface area contributed by atoms with Crippen LogP contribution in [0.15, 0.2) is 15.9 Å². The molecular weight excluding hydrogens is 336 g/mol. The van der Waals surface area contributed by atoms with Crippen LogP contribution in [-0.4, -0.2) is 37.0 Å². The molecule has 0 spiro atoms. The molecule has 3 nitrogen and oxygen atoms in total. The Hall–Kier alpha value is -0.390. The number of nitrogens with one attached hydrogen (secondary N) is 1. The highest BCUT2D eigenvalue weighted by Crippen LogP contribution is 2.27. The predicted octanol–water partition coefficient (Wildman–Crippen LogP) is 2.90. The van der Waals surface area contributed by atoms with Gasteiger partial charge in [0.1, 0.15) is 0 Å². The van der Waals surface area contributed by atoms with Crippen LogP contribution >= 0.6 is 27.3 Å². The van der Waals surface area contributed by atoms with E-state index in [1.807, 2.05) is 0 Å². The fourth-order valence-electron chi connectivity index (χ4n) is 3.34. The van der Waals surface area contributed by atoms with Crippen molar-refractivity contribution < 1.29 is 4.79 Å². The second-order valence-electron chi connectivity index (χ2n) is 5.87. The summed E-state index contributed by atoms with van der Waals surface area (Å²) in [5.41, 5.74) is 0. The number of aryl methyl sites for hydroxylation is 1. The van der Waals surface area contributed by atoms with Crippen LogP contribution in [0.3, 0.4) is 0 Å². The van der Waals surface area contributed by atoms with Gasteiger partial charge in [0.25, 0.3) is 0 Å². The number of carbonyl (C=O) groups excluding carboxylic acids is 1. The zero-order valence-corrected chi connectivity index (χ0v) is 14.0. The lowest BCUT2D eigenvalue weighted by molar-refractivity contribution is -0.131. The molecule has 3 rings (SSSR count). The second kappa shape index (κ2) is 6.58. The summed E-state index contributed by atoms with van der Waals surface area (Å²) in [6, 6.07) is 2.12.